The molecule has 0 saturated heterocycles. The van der Waals surface area contributed by atoms with Crippen LogP contribution < -0.4 is 0 Å². The van der Waals surface area contributed by atoms with E-state index in [0.29, 0.717) is 11.3 Å². The minimum atomic E-state index is -0.179. The maximum Gasteiger partial charge on any atom is 0.213 e. The van der Waals surface area contributed by atoms with E-state index in [0.717, 1.165) is 34.5 Å². The summed E-state index contributed by atoms with van der Waals surface area (Å²) in [5.74, 6) is -0.179. The third-order valence-corrected chi connectivity index (χ3v) is 4.65. The van der Waals surface area contributed by atoms with E-state index in [1.165, 1.54) is 11.8 Å². The number of hydrogen-bond acceptors (Lipinski definition) is 3. The van der Waals surface area contributed by atoms with Gasteiger partial charge in [0.1, 0.15) is 0 Å². The highest BCUT2D eigenvalue weighted by Gasteiger charge is 2.21. The molecule has 0 radical (unpaired) electrons. The fourth-order valence-electron chi connectivity index (χ4n) is 1.98. The van der Waals surface area contributed by atoms with Gasteiger partial charge in [-0.15, -0.1) is 5.73 Å². The van der Waals surface area contributed by atoms with Crippen molar-refractivity contribution in [2.24, 2.45) is 0 Å². The van der Waals surface area contributed by atoms with Crippen molar-refractivity contribution in [3.05, 3.63) is 75.8 Å². The number of ketones is 1. The molecule has 1 N–H and O–H groups in total. The molecule has 1 aliphatic heterocycles. The zero-order valence-electron chi connectivity index (χ0n) is 14.7. The Morgan fingerprint density at radius 2 is 2.17 bits per heavy atom. The Labute approximate surface area is 149 Å². The summed E-state index contributed by atoms with van der Waals surface area (Å²) < 4.78 is 0. The zero-order chi connectivity index (χ0) is 18.1. The van der Waals surface area contributed by atoms with Gasteiger partial charge in [-0.3, -0.25) is 4.79 Å². The molecule has 24 heavy (non-hydrogen) atoms. The average molecular weight is 340 g/mol. The smallest absolute Gasteiger partial charge is 0.213 e. The van der Waals surface area contributed by atoms with E-state index in [-0.39, 0.29) is 11.5 Å². The molecule has 0 saturated carbocycles. The Morgan fingerprint density at radius 1 is 1.46 bits per heavy atom. The second-order valence-electron chi connectivity index (χ2n) is 5.67. The van der Waals surface area contributed by atoms with E-state index in [1.54, 1.807) is 6.08 Å². The summed E-state index contributed by atoms with van der Waals surface area (Å²) in [6.45, 7) is 13.5. The van der Waals surface area contributed by atoms with E-state index in [2.05, 4.69) is 25.8 Å². The molecule has 3 heteroatoms. The molecule has 0 aliphatic carbocycles. The molecule has 126 valence electrons. The number of unbranched alkanes of at least 4 members (excludes halogenated alkanes) is 1. The number of carbonyl (C=O) groups excluding carboxylic acids is 1. The molecular formula is C21H25NOS. The van der Waals surface area contributed by atoms with Crippen molar-refractivity contribution in [3.8, 4) is 0 Å². The van der Waals surface area contributed by atoms with Crippen LogP contribution in [0.3, 0.4) is 0 Å². The molecule has 1 heterocycles. The summed E-state index contributed by atoms with van der Waals surface area (Å²) in [5, 5.41) is 8.00. The number of allylic oxidation sites excluding steroid dienone is 8. The Hall–Kier alpha value is -2.09. The summed E-state index contributed by atoms with van der Waals surface area (Å²) in [5.41, 5.74) is 6.10. The first kappa shape index (κ1) is 20.0. The van der Waals surface area contributed by atoms with Gasteiger partial charge in [0.2, 0.25) is 5.78 Å². The van der Waals surface area contributed by atoms with Crippen LogP contribution in [-0.4, -0.2) is 11.5 Å². The molecule has 0 amide bonds. The minimum Gasteiger partial charge on any atom is -0.301 e. The molecule has 0 aromatic heterocycles. The van der Waals surface area contributed by atoms with E-state index < -0.39 is 0 Å². The summed E-state index contributed by atoms with van der Waals surface area (Å²) in [7, 11) is 0. The van der Waals surface area contributed by atoms with Gasteiger partial charge in [0.15, 0.2) is 0 Å². The lowest BCUT2D eigenvalue weighted by Gasteiger charge is -2.14. The average Bonchev–Trinajstić information content (AvgIpc) is 2.56. The van der Waals surface area contributed by atoms with Crippen LogP contribution in [0.1, 0.15) is 40.0 Å². The van der Waals surface area contributed by atoms with E-state index in [1.807, 2.05) is 38.2 Å². The van der Waals surface area contributed by atoms with Crippen molar-refractivity contribution in [2.45, 2.75) is 40.0 Å². The number of rotatable bonds is 9. The van der Waals surface area contributed by atoms with Gasteiger partial charge in [-0.05, 0) is 43.9 Å². The predicted octanol–water partition coefficient (Wildman–Crippen LogP) is 6.07. The molecule has 0 bridgehead atoms. The first-order valence-electron chi connectivity index (χ1n) is 8.04. The molecule has 1 aliphatic rings. The monoisotopic (exact) mass is 339 g/mol. The maximum atomic E-state index is 12.5. The number of thioether (sulfide) groups is 1. The van der Waals surface area contributed by atoms with Crippen molar-refractivity contribution >= 4 is 23.3 Å². The van der Waals surface area contributed by atoms with E-state index in [9.17, 15) is 4.79 Å². The third-order valence-electron chi connectivity index (χ3n) is 3.38. The normalized spacial score (nSPS) is 14.8. The van der Waals surface area contributed by atoms with Crippen molar-refractivity contribution in [2.75, 3.05) is 0 Å². The lowest BCUT2D eigenvalue weighted by Crippen LogP contribution is -2.15. The largest absolute Gasteiger partial charge is 0.301 e. The molecule has 2 nitrogen and oxygen atoms in total. The van der Waals surface area contributed by atoms with Gasteiger partial charge < -0.3 is 5.41 Å². The predicted molar refractivity (Wildman–Crippen MR) is 106 cm³/mol. The van der Waals surface area contributed by atoms with Gasteiger partial charge in [-0.25, -0.2) is 0 Å². The van der Waals surface area contributed by atoms with Crippen LogP contribution >= 0.6 is 11.8 Å². The fourth-order valence-corrected chi connectivity index (χ4v) is 3.00. The minimum absolute atomic E-state index is 0.179. The number of Topliss-reactive ketones (excluding diaryl/α,β-unsaturated/α-hetero) is 1. The molecule has 0 atom stereocenters. The molecule has 0 fully saturated rings. The Kier molecular flexibility index (Phi) is 8.25. The number of carbonyl (C=O) groups is 1. The number of nitrogens with one attached hydrogen (secondary N) is 1. The standard InChI is InChI=1S/C21H25NOS/c1-6-8-12-18(22)20(23)21-16(5)13-14-19(24-21)17(7-2)11-9-10-15(3)4/h7,9-11,13,22H,2-3,6,8,12H2,1,4-5H3. The van der Waals surface area contributed by atoms with Gasteiger partial charge in [-0.2, -0.15) is 0 Å². The fraction of sp³-hybridized carbons (Fsp3) is 0.286. The summed E-state index contributed by atoms with van der Waals surface area (Å²) in [6, 6.07) is 0. The third kappa shape index (κ3) is 5.84. The van der Waals surface area contributed by atoms with Crippen LogP contribution in [0, 0.1) is 5.41 Å². The summed E-state index contributed by atoms with van der Waals surface area (Å²) in [6.07, 6.45) is 11.7. The highest BCUT2D eigenvalue weighted by atomic mass is 32.2. The zero-order valence-corrected chi connectivity index (χ0v) is 15.6. The second-order valence-corrected chi connectivity index (χ2v) is 6.70. The maximum absolute atomic E-state index is 12.5. The van der Waals surface area contributed by atoms with Crippen LogP contribution in [0.4, 0.5) is 0 Å². The topological polar surface area (TPSA) is 40.9 Å². The molecule has 0 aromatic carbocycles. The summed E-state index contributed by atoms with van der Waals surface area (Å²) >= 11 is 1.37. The van der Waals surface area contributed by atoms with Crippen LogP contribution in [-0.2, 0) is 4.79 Å². The molecule has 0 spiro atoms. The van der Waals surface area contributed by atoms with Gasteiger partial charge in [0, 0.05) is 0 Å². The number of hydrogen-bond donors (Lipinski definition) is 1. The van der Waals surface area contributed by atoms with Crippen LogP contribution in [0.5, 0.6) is 0 Å². The van der Waals surface area contributed by atoms with Crippen LogP contribution in [0.25, 0.3) is 0 Å². The van der Waals surface area contributed by atoms with Crippen LogP contribution in [0.15, 0.2) is 75.8 Å². The Morgan fingerprint density at radius 3 is 2.75 bits per heavy atom. The van der Waals surface area contributed by atoms with E-state index >= 15 is 0 Å². The molecule has 1 rings (SSSR count). The first-order chi connectivity index (χ1) is 11.4. The second kappa shape index (κ2) is 9.92. The molecule has 0 aromatic rings. The van der Waals surface area contributed by atoms with E-state index in [4.69, 9.17) is 5.41 Å². The van der Waals surface area contributed by atoms with Gasteiger partial charge >= 0.3 is 0 Å². The highest BCUT2D eigenvalue weighted by Crippen LogP contribution is 2.36. The van der Waals surface area contributed by atoms with Gasteiger partial charge in [0.05, 0.1) is 15.5 Å². The quantitative estimate of drug-likeness (QED) is 0.315. The lowest BCUT2D eigenvalue weighted by molar-refractivity contribution is -0.109. The highest BCUT2D eigenvalue weighted by molar-refractivity contribution is 8.08. The van der Waals surface area contributed by atoms with Gasteiger partial charge in [-0.1, -0.05) is 68.1 Å². The first-order valence-corrected chi connectivity index (χ1v) is 8.86. The lowest BCUT2D eigenvalue weighted by atomic mass is 10.1. The Bertz CT molecular complexity index is 710. The van der Waals surface area contributed by atoms with Crippen molar-refractivity contribution in [3.63, 3.8) is 0 Å². The van der Waals surface area contributed by atoms with Crippen LogP contribution in [0.2, 0.25) is 0 Å². The van der Waals surface area contributed by atoms with Crippen molar-refractivity contribution in [1.29, 1.82) is 5.41 Å². The summed E-state index contributed by atoms with van der Waals surface area (Å²) in [4.78, 5) is 14.0. The van der Waals surface area contributed by atoms with Crippen molar-refractivity contribution in [1.82, 2.24) is 0 Å². The SMILES string of the molecule is C=CC(=CC=CC(=C)C)C1=C=CC(C)=C(C(=O)C(=N)CCCC)S1. The van der Waals surface area contributed by atoms with Gasteiger partial charge in [0.25, 0.3) is 0 Å². The molecular weight excluding hydrogens is 314 g/mol. The Balaban J connectivity index is 3.00. The molecule has 0 unspecified atom stereocenters. The van der Waals surface area contributed by atoms with Crippen molar-refractivity contribution < 1.29 is 4.79 Å².